The standard InChI is InChI=1S/C49H33N3/c1-2-45-50-42-27-15-29-44-49(42)52(45)48-40(26-14-28-43(48)51(44)32-17-4-3-5-18-32)46-36-22-10-12-24-38(36)47(39-25-13-11-23-37(39)46)41-30-31-16-6-7-19-33(31)34-20-8-9-21-35(34)41/h3-30H,2H2,1H3. The van der Waals surface area contributed by atoms with E-state index in [9.17, 15) is 0 Å². The van der Waals surface area contributed by atoms with Gasteiger partial charge in [0.2, 0.25) is 0 Å². The van der Waals surface area contributed by atoms with E-state index >= 15 is 0 Å². The van der Waals surface area contributed by atoms with Gasteiger partial charge in [0.05, 0.1) is 28.1 Å². The molecule has 3 nitrogen and oxygen atoms in total. The summed E-state index contributed by atoms with van der Waals surface area (Å²) >= 11 is 0. The number of benzene rings is 9. The van der Waals surface area contributed by atoms with Crippen LogP contribution in [0.2, 0.25) is 0 Å². The topological polar surface area (TPSA) is 21.1 Å². The van der Waals surface area contributed by atoms with Crippen LogP contribution in [0.1, 0.15) is 12.7 Å². The molecule has 10 aromatic rings. The van der Waals surface area contributed by atoms with Crippen LogP contribution in [0.3, 0.4) is 0 Å². The normalized spacial score (nSPS) is 12.4. The SMILES string of the molecule is CCc1nc2cccc3c2n1-c1c(-c2c4ccccc4c(-c4cc5ccccc5c5ccccc45)c4ccccc24)cccc1N3c1ccccc1. The average molecular weight is 664 g/mol. The molecule has 0 N–H and O–H groups in total. The van der Waals surface area contributed by atoms with Gasteiger partial charge < -0.3 is 4.90 Å². The van der Waals surface area contributed by atoms with E-state index < -0.39 is 0 Å². The van der Waals surface area contributed by atoms with Crippen LogP contribution in [0.4, 0.5) is 17.1 Å². The third-order valence-corrected chi connectivity index (χ3v) is 11.0. The highest BCUT2D eigenvalue weighted by Gasteiger charge is 2.32. The zero-order chi connectivity index (χ0) is 34.3. The molecule has 1 aliphatic rings. The van der Waals surface area contributed by atoms with Crippen molar-refractivity contribution < 1.29 is 0 Å². The summed E-state index contributed by atoms with van der Waals surface area (Å²) in [6, 6.07) is 62.2. The fourth-order valence-corrected chi connectivity index (χ4v) is 8.92. The van der Waals surface area contributed by atoms with Crippen molar-refractivity contribution in [2.75, 3.05) is 4.90 Å². The molecule has 1 aliphatic heterocycles. The molecule has 0 unspecified atom stereocenters. The second-order valence-corrected chi connectivity index (χ2v) is 13.7. The van der Waals surface area contributed by atoms with Crippen LogP contribution >= 0.6 is 0 Å². The molecule has 52 heavy (non-hydrogen) atoms. The van der Waals surface area contributed by atoms with Crippen LogP contribution in [0, 0.1) is 0 Å². The summed E-state index contributed by atoms with van der Waals surface area (Å²) in [6.45, 7) is 2.21. The zero-order valence-corrected chi connectivity index (χ0v) is 28.7. The first-order valence-electron chi connectivity index (χ1n) is 18.1. The second-order valence-electron chi connectivity index (χ2n) is 13.7. The van der Waals surface area contributed by atoms with E-state index in [1.807, 2.05) is 0 Å². The van der Waals surface area contributed by atoms with Crippen molar-refractivity contribution in [1.82, 2.24) is 9.55 Å². The first kappa shape index (κ1) is 29.1. The van der Waals surface area contributed by atoms with Crippen LogP contribution in [0.15, 0.2) is 170 Å². The van der Waals surface area contributed by atoms with Gasteiger partial charge in [0.15, 0.2) is 0 Å². The third-order valence-electron chi connectivity index (χ3n) is 11.0. The fraction of sp³-hybridized carbons (Fsp3) is 0.0408. The maximum absolute atomic E-state index is 5.23. The molecule has 3 heteroatoms. The Hall–Kier alpha value is -6.71. The molecule has 9 aromatic carbocycles. The van der Waals surface area contributed by atoms with E-state index in [1.165, 1.54) is 71.0 Å². The number of imidazole rings is 1. The molecule has 0 fully saturated rings. The van der Waals surface area contributed by atoms with Gasteiger partial charge in [-0.25, -0.2) is 4.98 Å². The van der Waals surface area contributed by atoms with Gasteiger partial charge >= 0.3 is 0 Å². The summed E-state index contributed by atoms with van der Waals surface area (Å²) in [5.41, 5.74) is 11.7. The Balaban J connectivity index is 1.30. The van der Waals surface area contributed by atoms with Crippen LogP contribution in [0.25, 0.3) is 82.1 Å². The van der Waals surface area contributed by atoms with Crippen molar-refractivity contribution in [3.05, 3.63) is 176 Å². The lowest BCUT2D eigenvalue weighted by atomic mass is 9.83. The number of fused-ring (bicyclic) bond motifs is 7. The van der Waals surface area contributed by atoms with E-state index in [0.717, 1.165) is 40.3 Å². The monoisotopic (exact) mass is 663 g/mol. The summed E-state index contributed by atoms with van der Waals surface area (Å²) in [4.78, 5) is 7.65. The fourth-order valence-electron chi connectivity index (χ4n) is 8.92. The van der Waals surface area contributed by atoms with Crippen molar-refractivity contribution in [3.63, 3.8) is 0 Å². The number of rotatable bonds is 4. The van der Waals surface area contributed by atoms with Crippen molar-refractivity contribution in [3.8, 4) is 27.9 Å². The highest BCUT2D eigenvalue weighted by atomic mass is 15.2. The highest BCUT2D eigenvalue weighted by Crippen LogP contribution is 2.53. The Kier molecular flexibility index (Phi) is 6.23. The van der Waals surface area contributed by atoms with Gasteiger partial charge in [-0.2, -0.15) is 0 Å². The molecule has 0 bridgehead atoms. The largest absolute Gasteiger partial charge is 0.306 e. The smallest absolute Gasteiger partial charge is 0.114 e. The van der Waals surface area contributed by atoms with Crippen LogP contribution in [-0.4, -0.2) is 9.55 Å². The number of para-hydroxylation sites is 3. The van der Waals surface area contributed by atoms with E-state index in [0.29, 0.717) is 0 Å². The summed E-state index contributed by atoms with van der Waals surface area (Å²) in [5.74, 6) is 1.07. The second kappa shape index (κ2) is 11.1. The number of aromatic nitrogens is 2. The summed E-state index contributed by atoms with van der Waals surface area (Å²) in [6.07, 6.45) is 0.822. The maximum Gasteiger partial charge on any atom is 0.114 e. The molecule has 11 rings (SSSR count). The maximum atomic E-state index is 5.23. The number of aryl methyl sites for hydroxylation is 1. The molecule has 0 saturated heterocycles. The number of hydrogen-bond acceptors (Lipinski definition) is 2. The first-order valence-corrected chi connectivity index (χ1v) is 18.1. The van der Waals surface area contributed by atoms with E-state index in [4.69, 9.17) is 4.98 Å². The van der Waals surface area contributed by atoms with Gasteiger partial charge in [-0.1, -0.05) is 140 Å². The molecule has 0 spiro atoms. The quantitative estimate of drug-likeness (QED) is 0.138. The van der Waals surface area contributed by atoms with Crippen LogP contribution < -0.4 is 4.90 Å². The lowest BCUT2D eigenvalue weighted by molar-refractivity contribution is 0.902. The molecular weight excluding hydrogens is 631 g/mol. The number of hydrogen-bond donors (Lipinski definition) is 0. The molecular formula is C49H33N3. The molecule has 1 aromatic heterocycles. The minimum atomic E-state index is 0.822. The Morgan fingerprint density at radius 3 is 1.71 bits per heavy atom. The van der Waals surface area contributed by atoms with Crippen LogP contribution in [0.5, 0.6) is 0 Å². The first-order chi connectivity index (χ1) is 25.8. The van der Waals surface area contributed by atoms with Gasteiger partial charge in [-0.3, -0.25) is 4.57 Å². The summed E-state index contributed by atoms with van der Waals surface area (Å²) in [5, 5.41) is 10.0. The molecule has 244 valence electrons. The van der Waals surface area contributed by atoms with Gasteiger partial charge in [0.1, 0.15) is 5.82 Å². The van der Waals surface area contributed by atoms with Gasteiger partial charge in [-0.15, -0.1) is 0 Å². The van der Waals surface area contributed by atoms with Gasteiger partial charge in [0.25, 0.3) is 0 Å². The van der Waals surface area contributed by atoms with Crippen molar-refractivity contribution in [2.24, 2.45) is 0 Å². The molecule has 0 amide bonds. The number of anilines is 3. The minimum Gasteiger partial charge on any atom is -0.306 e. The predicted molar refractivity (Wildman–Crippen MR) is 220 cm³/mol. The van der Waals surface area contributed by atoms with Crippen molar-refractivity contribution in [2.45, 2.75) is 13.3 Å². The Labute approximate surface area is 301 Å². The molecule has 0 saturated carbocycles. The minimum absolute atomic E-state index is 0.822. The van der Waals surface area contributed by atoms with Crippen molar-refractivity contribution in [1.29, 1.82) is 0 Å². The Morgan fingerprint density at radius 2 is 1.02 bits per heavy atom. The lowest BCUT2D eigenvalue weighted by Gasteiger charge is -2.34. The van der Waals surface area contributed by atoms with Crippen molar-refractivity contribution >= 4 is 71.2 Å². The van der Waals surface area contributed by atoms with Crippen LogP contribution in [-0.2, 0) is 6.42 Å². The summed E-state index contributed by atoms with van der Waals surface area (Å²) in [7, 11) is 0. The highest BCUT2D eigenvalue weighted by molar-refractivity contribution is 6.26. The van der Waals surface area contributed by atoms with E-state index in [-0.39, 0.29) is 0 Å². The molecule has 0 radical (unpaired) electrons. The van der Waals surface area contributed by atoms with E-state index in [2.05, 4.69) is 186 Å². The number of nitrogens with zero attached hydrogens (tertiary/aromatic N) is 3. The Morgan fingerprint density at radius 1 is 0.462 bits per heavy atom. The Bertz CT molecular complexity index is 3010. The molecule has 0 aliphatic carbocycles. The lowest BCUT2D eigenvalue weighted by Crippen LogP contribution is -2.19. The third kappa shape index (κ3) is 3.99. The van der Waals surface area contributed by atoms with Gasteiger partial charge in [-0.05, 0) is 96.2 Å². The predicted octanol–water partition coefficient (Wildman–Crippen LogP) is 13.3. The zero-order valence-electron chi connectivity index (χ0n) is 28.7. The molecule has 0 atom stereocenters. The molecule has 2 heterocycles. The average Bonchev–Trinajstić information content (AvgIpc) is 3.60. The van der Waals surface area contributed by atoms with E-state index in [1.54, 1.807) is 0 Å². The van der Waals surface area contributed by atoms with Gasteiger partial charge in [0, 0.05) is 17.7 Å². The summed E-state index contributed by atoms with van der Waals surface area (Å²) < 4.78 is 2.45.